The molecule has 0 bridgehead atoms. The molecule has 0 unspecified atom stereocenters. The monoisotopic (exact) mass is 474 g/mol. The third kappa shape index (κ3) is 3.63. The fourth-order valence-corrected chi connectivity index (χ4v) is 4.12. The Morgan fingerprint density at radius 3 is 2.33 bits per heavy atom. The molecule has 9 nitrogen and oxygen atoms in total. The summed E-state index contributed by atoms with van der Waals surface area (Å²) in [6.07, 6.45) is 0. The molecule has 0 atom stereocenters. The van der Waals surface area contributed by atoms with Gasteiger partial charge < -0.3 is 16.2 Å². The Hall–Kier alpha value is -5.36. The van der Waals surface area contributed by atoms with Crippen LogP contribution in [0.2, 0.25) is 0 Å². The number of para-hydroxylation sites is 1. The zero-order valence-corrected chi connectivity index (χ0v) is 19.0. The molecule has 1 aliphatic carbocycles. The van der Waals surface area contributed by atoms with Crippen molar-refractivity contribution in [1.82, 2.24) is 4.98 Å². The van der Waals surface area contributed by atoms with Gasteiger partial charge in [0.25, 0.3) is 0 Å². The number of nitrogen functional groups attached to an aromatic ring is 1. The van der Waals surface area contributed by atoms with Crippen molar-refractivity contribution >= 4 is 40.3 Å². The van der Waals surface area contributed by atoms with Crippen molar-refractivity contribution in [1.29, 1.82) is 5.26 Å². The minimum Gasteiger partial charge on any atom is -0.507 e. The molecule has 5 rings (SSSR count). The highest BCUT2D eigenvalue weighted by Crippen LogP contribution is 2.39. The van der Waals surface area contributed by atoms with Crippen LogP contribution in [0, 0.1) is 18.3 Å². The quantitative estimate of drug-likeness (QED) is 0.291. The van der Waals surface area contributed by atoms with Gasteiger partial charge >= 0.3 is 0 Å². The van der Waals surface area contributed by atoms with E-state index < -0.39 is 11.6 Å². The molecule has 1 aliphatic rings. The van der Waals surface area contributed by atoms with E-state index in [9.17, 15) is 20.0 Å². The lowest BCUT2D eigenvalue weighted by Crippen LogP contribution is -2.21. The molecule has 0 fully saturated rings. The molecule has 0 aliphatic heterocycles. The number of nitriles is 1. The maximum Gasteiger partial charge on any atom is 0.200 e. The number of aromatic hydroxyl groups is 1. The first kappa shape index (κ1) is 22.4. The second kappa shape index (κ2) is 8.77. The number of carbonyl (C=O) groups is 2. The summed E-state index contributed by atoms with van der Waals surface area (Å²) in [7, 11) is 0. The number of nitrogens with zero attached hydrogens (tertiary/aromatic N) is 4. The Bertz CT molecular complexity index is 1640. The van der Waals surface area contributed by atoms with Gasteiger partial charge in [-0.05, 0) is 31.2 Å². The number of azo groups is 1. The number of hydrogen-bond acceptors (Lipinski definition) is 9. The average molecular weight is 474 g/mol. The highest BCUT2D eigenvalue weighted by molar-refractivity contribution is 6.30. The van der Waals surface area contributed by atoms with Gasteiger partial charge in [-0.25, -0.2) is 4.98 Å². The summed E-state index contributed by atoms with van der Waals surface area (Å²) in [4.78, 5) is 30.6. The van der Waals surface area contributed by atoms with Crippen molar-refractivity contribution in [3.05, 3.63) is 100 Å². The average Bonchev–Trinajstić information content (AvgIpc) is 2.87. The van der Waals surface area contributed by atoms with E-state index in [1.165, 1.54) is 30.3 Å². The SMILES string of the molecule is Cc1c(C#N)c(Nc2ccccc2)nc(N)c1/N=N/c1cccc2c1C(=O)c1c(O)cccc1C2=O. The summed E-state index contributed by atoms with van der Waals surface area (Å²) in [6.45, 7) is 1.67. The van der Waals surface area contributed by atoms with Crippen molar-refractivity contribution in [3.8, 4) is 11.8 Å². The zero-order chi connectivity index (χ0) is 25.4. The number of pyridine rings is 1. The van der Waals surface area contributed by atoms with Crippen molar-refractivity contribution < 1.29 is 14.7 Å². The number of carbonyl (C=O) groups excluding carboxylic acids is 2. The third-order valence-corrected chi connectivity index (χ3v) is 5.88. The smallest absolute Gasteiger partial charge is 0.200 e. The normalized spacial score (nSPS) is 12.2. The number of ketones is 2. The summed E-state index contributed by atoms with van der Waals surface area (Å²) < 4.78 is 0. The fourth-order valence-electron chi connectivity index (χ4n) is 4.12. The van der Waals surface area contributed by atoms with Crippen LogP contribution in [0.4, 0.5) is 28.7 Å². The number of aromatic nitrogens is 1. The largest absolute Gasteiger partial charge is 0.507 e. The van der Waals surface area contributed by atoms with E-state index in [0.29, 0.717) is 5.56 Å². The zero-order valence-electron chi connectivity index (χ0n) is 19.0. The molecule has 0 amide bonds. The number of benzene rings is 3. The van der Waals surface area contributed by atoms with Gasteiger partial charge in [-0.15, -0.1) is 10.2 Å². The Labute approximate surface area is 205 Å². The van der Waals surface area contributed by atoms with Gasteiger partial charge in [0.2, 0.25) is 0 Å². The summed E-state index contributed by atoms with van der Waals surface area (Å²) in [6, 6.07) is 20.3. The number of phenols is 1. The van der Waals surface area contributed by atoms with E-state index in [1.807, 2.05) is 30.3 Å². The first-order chi connectivity index (χ1) is 17.4. The summed E-state index contributed by atoms with van der Waals surface area (Å²) in [5.74, 6) is -0.901. The standard InChI is InChI=1S/C27H18N6O3/c1-14-18(13-28)27(30-15-7-3-2-4-8-15)31-26(29)23(14)33-32-19-11-5-9-16-21(19)25(36)22-17(24(16)35)10-6-12-20(22)34/h2-12,34H,1H3,(H3,29,30,31)/b33-32+. The number of nitrogens with two attached hydrogens (primary N) is 1. The Morgan fingerprint density at radius 1 is 0.917 bits per heavy atom. The molecule has 0 radical (unpaired) electrons. The van der Waals surface area contributed by atoms with Crippen LogP contribution in [0.1, 0.15) is 43.0 Å². The maximum absolute atomic E-state index is 13.3. The number of phenolic OH excluding ortho intramolecular Hbond substituents is 1. The van der Waals surface area contributed by atoms with Crippen molar-refractivity contribution in [3.63, 3.8) is 0 Å². The second-order valence-electron chi connectivity index (χ2n) is 8.05. The molecule has 9 heteroatoms. The molecular formula is C27H18N6O3. The van der Waals surface area contributed by atoms with Crippen molar-refractivity contribution in [2.75, 3.05) is 11.1 Å². The molecule has 0 saturated carbocycles. The fraction of sp³-hybridized carbons (Fsp3) is 0.0370. The topological polar surface area (TPSA) is 154 Å². The predicted molar refractivity (Wildman–Crippen MR) is 133 cm³/mol. The summed E-state index contributed by atoms with van der Waals surface area (Å²) in [5.41, 5.74) is 8.14. The molecule has 3 aromatic carbocycles. The van der Waals surface area contributed by atoms with Crippen LogP contribution in [0.25, 0.3) is 0 Å². The third-order valence-electron chi connectivity index (χ3n) is 5.88. The lowest BCUT2D eigenvalue weighted by Gasteiger charge is -2.19. The van der Waals surface area contributed by atoms with Crippen LogP contribution in [0.5, 0.6) is 5.75 Å². The predicted octanol–water partition coefficient (Wildman–Crippen LogP) is 5.48. The van der Waals surface area contributed by atoms with E-state index in [2.05, 4.69) is 26.6 Å². The van der Waals surface area contributed by atoms with Crippen molar-refractivity contribution in [2.24, 2.45) is 10.2 Å². The second-order valence-corrected chi connectivity index (χ2v) is 8.05. The molecule has 0 saturated heterocycles. The summed E-state index contributed by atoms with van der Waals surface area (Å²) >= 11 is 0. The van der Waals surface area contributed by atoms with Crippen LogP contribution in [0.3, 0.4) is 0 Å². The number of nitrogens with one attached hydrogen (secondary N) is 1. The summed E-state index contributed by atoms with van der Waals surface area (Å²) in [5, 5.41) is 31.5. The van der Waals surface area contributed by atoms with Gasteiger partial charge in [-0.1, -0.05) is 42.5 Å². The highest BCUT2D eigenvalue weighted by atomic mass is 16.3. The lowest BCUT2D eigenvalue weighted by atomic mass is 9.83. The Morgan fingerprint density at radius 2 is 1.61 bits per heavy atom. The molecule has 0 spiro atoms. The molecule has 36 heavy (non-hydrogen) atoms. The number of hydrogen-bond donors (Lipinski definition) is 3. The lowest BCUT2D eigenvalue weighted by molar-refractivity contribution is 0.0977. The molecule has 4 aromatic rings. The molecule has 1 aromatic heterocycles. The van der Waals surface area contributed by atoms with E-state index in [-0.39, 0.29) is 56.6 Å². The van der Waals surface area contributed by atoms with Crippen LogP contribution in [0.15, 0.2) is 77.0 Å². The van der Waals surface area contributed by atoms with Gasteiger partial charge in [0.05, 0.1) is 22.4 Å². The van der Waals surface area contributed by atoms with Crippen LogP contribution in [-0.2, 0) is 0 Å². The van der Waals surface area contributed by atoms with Gasteiger partial charge in [0.1, 0.15) is 17.5 Å². The van der Waals surface area contributed by atoms with E-state index in [4.69, 9.17) is 5.73 Å². The minimum absolute atomic E-state index is 0.0314. The molecular weight excluding hydrogens is 456 g/mol. The number of rotatable bonds is 4. The van der Waals surface area contributed by atoms with Gasteiger partial charge in [0, 0.05) is 22.4 Å². The van der Waals surface area contributed by atoms with Crippen LogP contribution in [-0.4, -0.2) is 21.7 Å². The first-order valence-corrected chi connectivity index (χ1v) is 10.9. The van der Waals surface area contributed by atoms with Crippen molar-refractivity contribution in [2.45, 2.75) is 6.92 Å². The van der Waals surface area contributed by atoms with E-state index in [1.54, 1.807) is 13.0 Å². The maximum atomic E-state index is 13.3. The molecule has 174 valence electrons. The van der Waals surface area contributed by atoms with Gasteiger partial charge in [-0.3, -0.25) is 9.59 Å². The van der Waals surface area contributed by atoms with Gasteiger partial charge in [0.15, 0.2) is 23.2 Å². The minimum atomic E-state index is -0.532. The highest BCUT2D eigenvalue weighted by Gasteiger charge is 2.33. The number of fused-ring (bicyclic) bond motifs is 2. The Balaban J connectivity index is 1.57. The van der Waals surface area contributed by atoms with E-state index >= 15 is 0 Å². The van der Waals surface area contributed by atoms with Crippen LogP contribution < -0.4 is 11.1 Å². The van der Waals surface area contributed by atoms with E-state index in [0.717, 1.165) is 5.69 Å². The molecule has 4 N–H and O–H groups in total. The van der Waals surface area contributed by atoms with Gasteiger partial charge in [-0.2, -0.15) is 5.26 Å². The molecule has 1 heterocycles. The van der Waals surface area contributed by atoms with Crippen LogP contribution >= 0.6 is 0 Å². The Kier molecular flexibility index (Phi) is 5.47. The number of anilines is 3. The first-order valence-electron chi connectivity index (χ1n) is 10.9.